The van der Waals surface area contributed by atoms with Gasteiger partial charge in [0.2, 0.25) is 0 Å². The normalized spacial score (nSPS) is 10.5. The number of aromatic hydroxyl groups is 2. The summed E-state index contributed by atoms with van der Waals surface area (Å²) in [7, 11) is 2.63. The summed E-state index contributed by atoms with van der Waals surface area (Å²) in [6.45, 7) is 0. The van der Waals surface area contributed by atoms with Gasteiger partial charge >= 0.3 is 11.9 Å². The smallest absolute Gasteiger partial charge is 0.337 e. The minimum absolute atomic E-state index is 0.0159. The number of phenols is 2. The maximum Gasteiger partial charge on any atom is 0.337 e. The van der Waals surface area contributed by atoms with Gasteiger partial charge in [0.25, 0.3) is 0 Å². The second-order valence-electron chi connectivity index (χ2n) is 4.86. The molecule has 0 aliphatic heterocycles. The Labute approximate surface area is 143 Å². The van der Waals surface area contributed by atoms with E-state index in [-0.39, 0.29) is 28.6 Å². The molecule has 0 radical (unpaired) electrons. The third kappa shape index (κ3) is 4.51. The van der Waals surface area contributed by atoms with E-state index in [1.165, 1.54) is 38.5 Å². The summed E-state index contributed by atoms with van der Waals surface area (Å²) in [6.07, 6.45) is 2.61. The predicted molar refractivity (Wildman–Crippen MR) is 88.8 cm³/mol. The fraction of sp³-hybridized carbons (Fsp3) is 0.111. The average Bonchev–Trinajstić information content (AvgIpc) is 2.62. The molecule has 0 aliphatic rings. The lowest BCUT2D eigenvalue weighted by Gasteiger charge is -2.06. The zero-order chi connectivity index (χ0) is 18.4. The molecule has 0 saturated heterocycles. The SMILES string of the molecule is COC(=O)c1ccc(OC(=O)/C=C/c2ccc(O)c(OC)c2)c(O)c1. The largest absolute Gasteiger partial charge is 0.504 e. The second kappa shape index (κ2) is 7.87. The average molecular weight is 344 g/mol. The minimum Gasteiger partial charge on any atom is -0.504 e. The molecule has 0 aliphatic carbocycles. The predicted octanol–water partition coefficient (Wildman–Crippen LogP) is 2.51. The Morgan fingerprint density at radius 3 is 2.36 bits per heavy atom. The topological polar surface area (TPSA) is 102 Å². The highest BCUT2D eigenvalue weighted by Crippen LogP contribution is 2.28. The van der Waals surface area contributed by atoms with Crippen LogP contribution in [0.1, 0.15) is 15.9 Å². The molecular formula is C18H16O7. The Morgan fingerprint density at radius 1 is 0.960 bits per heavy atom. The maximum atomic E-state index is 11.8. The van der Waals surface area contributed by atoms with E-state index in [2.05, 4.69) is 4.74 Å². The molecular weight excluding hydrogens is 328 g/mol. The van der Waals surface area contributed by atoms with Crippen molar-refractivity contribution in [3.05, 3.63) is 53.6 Å². The summed E-state index contributed by atoms with van der Waals surface area (Å²) in [5.74, 6) is -1.55. The van der Waals surface area contributed by atoms with E-state index in [1.54, 1.807) is 12.1 Å². The van der Waals surface area contributed by atoms with Crippen LogP contribution in [0.4, 0.5) is 0 Å². The molecule has 25 heavy (non-hydrogen) atoms. The second-order valence-corrected chi connectivity index (χ2v) is 4.86. The van der Waals surface area contributed by atoms with Crippen molar-refractivity contribution in [1.29, 1.82) is 0 Å². The number of carbonyl (C=O) groups is 2. The van der Waals surface area contributed by atoms with Crippen LogP contribution in [0.25, 0.3) is 6.08 Å². The summed E-state index contributed by atoms with van der Waals surface area (Å²) >= 11 is 0. The molecule has 0 fully saturated rings. The number of methoxy groups -OCH3 is 2. The van der Waals surface area contributed by atoms with Gasteiger partial charge in [-0.25, -0.2) is 9.59 Å². The van der Waals surface area contributed by atoms with Gasteiger partial charge in [0.05, 0.1) is 19.8 Å². The van der Waals surface area contributed by atoms with Crippen molar-refractivity contribution in [2.75, 3.05) is 14.2 Å². The Kier molecular flexibility index (Phi) is 5.62. The molecule has 2 N–H and O–H groups in total. The third-order valence-corrected chi connectivity index (χ3v) is 3.21. The highest BCUT2D eigenvalue weighted by molar-refractivity contribution is 5.91. The van der Waals surface area contributed by atoms with E-state index < -0.39 is 11.9 Å². The van der Waals surface area contributed by atoms with E-state index in [4.69, 9.17) is 9.47 Å². The summed E-state index contributed by atoms with van der Waals surface area (Å²) in [5, 5.41) is 19.3. The first-order valence-electron chi connectivity index (χ1n) is 7.13. The number of rotatable bonds is 5. The number of hydrogen-bond acceptors (Lipinski definition) is 7. The molecule has 2 aromatic carbocycles. The molecule has 130 valence electrons. The van der Waals surface area contributed by atoms with Crippen LogP contribution in [0, 0.1) is 0 Å². The number of esters is 2. The van der Waals surface area contributed by atoms with Crippen molar-refractivity contribution < 1.29 is 34.0 Å². The maximum absolute atomic E-state index is 11.8. The van der Waals surface area contributed by atoms with Crippen LogP contribution < -0.4 is 9.47 Å². The fourth-order valence-corrected chi connectivity index (χ4v) is 1.95. The number of phenolic OH excluding ortho intramolecular Hbond substituents is 2. The van der Waals surface area contributed by atoms with E-state index in [1.807, 2.05) is 0 Å². The van der Waals surface area contributed by atoms with Crippen LogP contribution in [0.15, 0.2) is 42.5 Å². The molecule has 7 nitrogen and oxygen atoms in total. The Bertz CT molecular complexity index is 824. The molecule has 0 atom stereocenters. The lowest BCUT2D eigenvalue weighted by Crippen LogP contribution is -2.05. The van der Waals surface area contributed by atoms with Crippen molar-refractivity contribution in [3.8, 4) is 23.0 Å². The Hall–Kier alpha value is -3.48. The fourth-order valence-electron chi connectivity index (χ4n) is 1.95. The lowest BCUT2D eigenvalue weighted by molar-refractivity contribution is -0.129. The number of benzene rings is 2. The van der Waals surface area contributed by atoms with Gasteiger partial charge in [-0.15, -0.1) is 0 Å². The van der Waals surface area contributed by atoms with Crippen LogP contribution in [0.5, 0.6) is 23.0 Å². The van der Waals surface area contributed by atoms with Gasteiger partial charge in [0.1, 0.15) is 0 Å². The van der Waals surface area contributed by atoms with Crippen molar-refractivity contribution in [1.82, 2.24) is 0 Å². The van der Waals surface area contributed by atoms with E-state index in [0.717, 1.165) is 12.1 Å². The van der Waals surface area contributed by atoms with Crippen molar-refractivity contribution in [2.45, 2.75) is 0 Å². The molecule has 0 amide bonds. The standard InChI is InChI=1S/C18H16O7/c1-23-16-9-11(3-6-13(16)19)4-8-17(21)25-15-7-5-12(10-14(15)20)18(22)24-2/h3-10,19-20H,1-2H3/b8-4+. The monoisotopic (exact) mass is 344 g/mol. The molecule has 2 aromatic rings. The Morgan fingerprint density at radius 2 is 1.72 bits per heavy atom. The van der Waals surface area contributed by atoms with Gasteiger partial charge in [0.15, 0.2) is 23.0 Å². The van der Waals surface area contributed by atoms with Crippen molar-refractivity contribution in [2.24, 2.45) is 0 Å². The van der Waals surface area contributed by atoms with Gasteiger partial charge in [-0.2, -0.15) is 0 Å². The molecule has 0 saturated carbocycles. The minimum atomic E-state index is -0.729. The third-order valence-electron chi connectivity index (χ3n) is 3.21. The number of ether oxygens (including phenoxy) is 3. The van der Waals surface area contributed by atoms with Crippen molar-refractivity contribution in [3.63, 3.8) is 0 Å². The number of hydrogen-bond donors (Lipinski definition) is 2. The first-order chi connectivity index (χ1) is 11.9. The first kappa shape index (κ1) is 17.9. The molecule has 0 heterocycles. The van der Waals surface area contributed by atoms with E-state index in [9.17, 15) is 19.8 Å². The molecule has 0 bridgehead atoms. The van der Waals surface area contributed by atoms with E-state index >= 15 is 0 Å². The highest BCUT2D eigenvalue weighted by atomic mass is 16.5. The quantitative estimate of drug-likeness (QED) is 0.488. The molecule has 0 spiro atoms. The summed E-state index contributed by atoms with van der Waals surface area (Å²) < 4.78 is 14.5. The first-order valence-corrected chi connectivity index (χ1v) is 7.13. The van der Waals surface area contributed by atoms with Gasteiger partial charge in [-0.3, -0.25) is 0 Å². The highest BCUT2D eigenvalue weighted by Gasteiger charge is 2.12. The summed E-state index contributed by atoms with van der Waals surface area (Å²) in [4.78, 5) is 23.2. The van der Waals surface area contributed by atoms with Crippen LogP contribution in [-0.2, 0) is 9.53 Å². The summed E-state index contributed by atoms with van der Waals surface area (Å²) in [6, 6.07) is 8.36. The van der Waals surface area contributed by atoms with Gasteiger partial charge in [0, 0.05) is 6.08 Å². The Balaban J connectivity index is 2.08. The van der Waals surface area contributed by atoms with Crippen LogP contribution in [0.2, 0.25) is 0 Å². The van der Waals surface area contributed by atoms with Crippen LogP contribution >= 0.6 is 0 Å². The molecule has 0 unspecified atom stereocenters. The number of carbonyl (C=O) groups excluding carboxylic acids is 2. The summed E-state index contributed by atoms with van der Waals surface area (Å²) in [5.41, 5.74) is 0.739. The molecule has 2 rings (SSSR count). The van der Waals surface area contributed by atoms with Gasteiger partial charge in [-0.05, 0) is 42.0 Å². The van der Waals surface area contributed by atoms with Crippen LogP contribution in [-0.4, -0.2) is 36.4 Å². The lowest BCUT2D eigenvalue weighted by atomic mass is 10.2. The zero-order valence-corrected chi connectivity index (χ0v) is 13.6. The zero-order valence-electron chi connectivity index (χ0n) is 13.6. The van der Waals surface area contributed by atoms with Gasteiger partial charge in [-0.1, -0.05) is 6.07 Å². The van der Waals surface area contributed by atoms with E-state index in [0.29, 0.717) is 5.56 Å². The van der Waals surface area contributed by atoms with Crippen LogP contribution in [0.3, 0.4) is 0 Å². The molecule has 0 aromatic heterocycles. The van der Waals surface area contributed by atoms with Crippen molar-refractivity contribution >= 4 is 18.0 Å². The molecule has 7 heteroatoms. The van der Waals surface area contributed by atoms with Gasteiger partial charge < -0.3 is 24.4 Å².